The second-order valence-electron chi connectivity index (χ2n) is 7.68. The lowest BCUT2D eigenvalue weighted by molar-refractivity contribution is 0.699. The SMILES string of the molecule is Cc1ccc(CSc2nc3sc4c(c3c(=O)n2-c2ccc(Br)cc2)CCCC4)cc1. The van der Waals surface area contributed by atoms with E-state index >= 15 is 0 Å². The Bertz CT molecular complexity index is 1270. The van der Waals surface area contributed by atoms with Crippen molar-refractivity contribution < 1.29 is 0 Å². The van der Waals surface area contributed by atoms with Gasteiger partial charge in [0.15, 0.2) is 5.16 Å². The smallest absolute Gasteiger partial charge is 0.267 e. The Morgan fingerprint density at radius 1 is 1.07 bits per heavy atom. The lowest BCUT2D eigenvalue weighted by Crippen LogP contribution is -2.22. The number of aromatic nitrogens is 2. The maximum atomic E-state index is 13.7. The minimum absolute atomic E-state index is 0.0631. The van der Waals surface area contributed by atoms with E-state index in [-0.39, 0.29) is 5.56 Å². The largest absolute Gasteiger partial charge is 0.268 e. The van der Waals surface area contributed by atoms with Gasteiger partial charge in [-0.25, -0.2) is 4.98 Å². The van der Waals surface area contributed by atoms with Crippen molar-refractivity contribution in [3.8, 4) is 5.69 Å². The summed E-state index contributed by atoms with van der Waals surface area (Å²) in [5.74, 6) is 0.778. The molecule has 2 heterocycles. The zero-order chi connectivity index (χ0) is 20.7. The topological polar surface area (TPSA) is 34.9 Å². The second kappa shape index (κ2) is 8.33. The van der Waals surface area contributed by atoms with Crippen LogP contribution in [0.4, 0.5) is 0 Å². The van der Waals surface area contributed by atoms with Crippen LogP contribution in [0.1, 0.15) is 34.4 Å². The van der Waals surface area contributed by atoms with E-state index in [0.717, 1.165) is 50.5 Å². The van der Waals surface area contributed by atoms with Gasteiger partial charge >= 0.3 is 0 Å². The van der Waals surface area contributed by atoms with Crippen molar-refractivity contribution in [3.63, 3.8) is 0 Å². The molecular formula is C24H21BrN2OS2. The summed E-state index contributed by atoms with van der Waals surface area (Å²) in [7, 11) is 0. The van der Waals surface area contributed by atoms with E-state index in [2.05, 4.69) is 47.1 Å². The molecule has 0 amide bonds. The van der Waals surface area contributed by atoms with Gasteiger partial charge in [0.2, 0.25) is 0 Å². The van der Waals surface area contributed by atoms with Crippen LogP contribution in [0.25, 0.3) is 15.9 Å². The number of benzene rings is 2. The van der Waals surface area contributed by atoms with Crippen molar-refractivity contribution in [1.29, 1.82) is 0 Å². The van der Waals surface area contributed by atoms with Crippen LogP contribution < -0.4 is 5.56 Å². The zero-order valence-electron chi connectivity index (χ0n) is 16.7. The summed E-state index contributed by atoms with van der Waals surface area (Å²) < 4.78 is 2.80. The Hall–Kier alpha value is -1.89. The molecule has 6 heteroatoms. The number of hydrogen-bond donors (Lipinski definition) is 0. The van der Waals surface area contributed by atoms with Crippen LogP contribution in [0.5, 0.6) is 0 Å². The van der Waals surface area contributed by atoms with Gasteiger partial charge in [0.05, 0.1) is 11.1 Å². The fraction of sp³-hybridized carbons (Fsp3) is 0.250. The number of aryl methyl sites for hydroxylation is 3. The van der Waals surface area contributed by atoms with E-state index in [4.69, 9.17) is 4.98 Å². The van der Waals surface area contributed by atoms with Gasteiger partial charge in [0, 0.05) is 15.1 Å². The van der Waals surface area contributed by atoms with Gasteiger partial charge in [-0.2, -0.15) is 0 Å². The molecule has 5 rings (SSSR count). The lowest BCUT2D eigenvalue weighted by atomic mass is 9.97. The lowest BCUT2D eigenvalue weighted by Gasteiger charge is -2.14. The van der Waals surface area contributed by atoms with Crippen molar-refractivity contribution in [1.82, 2.24) is 9.55 Å². The molecule has 3 nitrogen and oxygen atoms in total. The summed E-state index contributed by atoms with van der Waals surface area (Å²) in [4.78, 5) is 21.0. The molecule has 0 spiro atoms. The van der Waals surface area contributed by atoms with E-state index < -0.39 is 0 Å². The normalized spacial score (nSPS) is 13.5. The highest BCUT2D eigenvalue weighted by Gasteiger charge is 2.22. The molecule has 0 aliphatic heterocycles. The van der Waals surface area contributed by atoms with Gasteiger partial charge in [-0.05, 0) is 68.0 Å². The molecule has 0 saturated heterocycles. The summed E-state index contributed by atoms with van der Waals surface area (Å²) in [6.45, 7) is 2.09. The fourth-order valence-electron chi connectivity index (χ4n) is 3.93. The number of nitrogens with zero attached hydrogens (tertiary/aromatic N) is 2. The van der Waals surface area contributed by atoms with E-state index in [9.17, 15) is 4.79 Å². The molecule has 0 bridgehead atoms. The molecule has 30 heavy (non-hydrogen) atoms. The average molecular weight is 497 g/mol. The minimum atomic E-state index is 0.0631. The van der Waals surface area contributed by atoms with Crippen LogP contribution >= 0.6 is 39.0 Å². The predicted molar refractivity (Wildman–Crippen MR) is 130 cm³/mol. The number of hydrogen-bond acceptors (Lipinski definition) is 4. The summed E-state index contributed by atoms with van der Waals surface area (Å²) in [5.41, 5.74) is 4.64. The molecule has 2 aromatic heterocycles. The predicted octanol–water partition coefficient (Wildman–Crippen LogP) is 6.69. The van der Waals surface area contributed by atoms with E-state index in [1.54, 1.807) is 27.7 Å². The van der Waals surface area contributed by atoms with E-state index in [0.29, 0.717) is 0 Å². The Morgan fingerprint density at radius 2 is 1.80 bits per heavy atom. The first-order chi connectivity index (χ1) is 14.6. The molecule has 0 fully saturated rings. The monoisotopic (exact) mass is 496 g/mol. The van der Waals surface area contributed by atoms with Crippen LogP contribution in [0, 0.1) is 6.92 Å². The van der Waals surface area contributed by atoms with Crippen LogP contribution in [0.3, 0.4) is 0 Å². The zero-order valence-corrected chi connectivity index (χ0v) is 19.9. The van der Waals surface area contributed by atoms with Crippen molar-refractivity contribution in [2.24, 2.45) is 0 Å². The second-order valence-corrected chi connectivity index (χ2v) is 10.6. The highest BCUT2D eigenvalue weighted by atomic mass is 79.9. The average Bonchev–Trinajstić information content (AvgIpc) is 3.13. The maximum absolute atomic E-state index is 13.7. The van der Waals surface area contributed by atoms with Gasteiger partial charge in [0.1, 0.15) is 4.83 Å². The Kier molecular flexibility index (Phi) is 5.56. The molecule has 1 aliphatic carbocycles. The van der Waals surface area contributed by atoms with Crippen LogP contribution in [0.15, 0.2) is 63.0 Å². The third-order valence-electron chi connectivity index (χ3n) is 5.53. The van der Waals surface area contributed by atoms with Gasteiger partial charge in [-0.3, -0.25) is 9.36 Å². The standard InChI is InChI=1S/C24H21BrN2OS2/c1-15-6-8-16(9-7-15)14-29-24-26-22-21(19-4-2-3-5-20(19)30-22)23(28)27(24)18-12-10-17(25)11-13-18/h6-13H,2-5,14H2,1H3. The molecule has 4 aromatic rings. The fourth-order valence-corrected chi connectivity index (χ4v) is 6.47. The van der Waals surface area contributed by atoms with Crippen molar-refractivity contribution in [3.05, 3.63) is 84.9 Å². The van der Waals surface area contributed by atoms with E-state index in [1.807, 2.05) is 24.3 Å². The van der Waals surface area contributed by atoms with Crippen LogP contribution in [-0.2, 0) is 18.6 Å². The third kappa shape index (κ3) is 3.77. The minimum Gasteiger partial charge on any atom is -0.268 e. The molecule has 0 saturated carbocycles. The highest BCUT2D eigenvalue weighted by molar-refractivity contribution is 9.10. The molecule has 2 aromatic carbocycles. The molecule has 0 N–H and O–H groups in total. The summed E-state index contributed by atoms with van der Waals surface area (Å²) >= 11 is 6.84. The summed E-state index contributed by atoms with van der Waals surface area (Å²) in [6.07, 6.45) is 4.42. The van der Waals surface area contributed by atoms with Crippen molar-refractivity contribution >= 4 is 49.2 Å². The van der Waals surface area contributed by atoms with Gasteiger partial charge in [0.25, 0.3) is 5.56 Å². The number of fused-ring (bicyclic) bond motifs is 3. The molecule has 0 atom stereocenters. The quantitative estimate of drug-likeness (QED) is 0.233. The van der Waals surface area contributed by atoms with Gasteiger partial charge in [-0.1, -0.05) is 57.5 Å². The Balaban J connectivity index is 1.65. The van der Waals surface area contributed by atoms with Crippen LogP contribution in [-0.4, -0.2) is 9.55 Å². The molecule has 0 unspecified atom stereocenters. The first kappa shape index (κ1) is 20.0. The Morgan fingerprint density at radius 3 is 2.57 bits per heavy atom. The number of thiophene rings is 1. The Labute approximate surface area is 192 Å². The summed E-state index contributed by atoms with van der Waals surface area (Å²) in [5, 5.41) is 1.59. The molecule has 0 radical (unpaired) electrons. The van der Waals surface area contributed by atoms with Gasteiger partial charge < -0.3 is 0 Å². The van der Waals surface area contributed by atoms with Crippen molar-refractivity contribution in [2.45, 2.75) is 43.5 Å². The van der Waals surface area contributed by atoms with Crippen molar-refractivity contribution in [2.75, 3.05) is 0 Å². The maximum Gasteiger partial charge on any atom is 0.267 e. The molecule has 1 aliphatic rings. The first-order valence-corrected chi connectivity index (χ1v) is 12.7. The van der Waals surface area contributed by atoms with E-state index in [1.165, 1.54) is 28.0 Å². The first-order valence-electron chi connectivity index (χ1n) is 10.1. The number of thioether (sulfide) groups is 1. The number of rotatable bonds is 4. The summed E-state index contributed by atoms with van der Waals surface area (Å²) in [6, 6.07) is 16.5. The molecule has 152 valence electrons. The molecular weight excluding hydrogens is 476 g/mol. The highest BCUT2D eigenvalue weighted by Crippen LogP contribution is 2.35. The number of halogens is 1. The van der Waals surface area contributed by atoms with Gasteiger partial charge in [-0.15, -0.1) is 11.3 Å². The third-order valence-corrected chi connectivity index (χ3v) is 8.26. The van der Waals surface area contributed by atoms with Crippen LogP contribution in [0.2, 0.25) is 0 Å².